The molecule has 2 saturated heterocycles. The number of fused-ring (bicyclic) bond motifs is 1. The molecule has 0 saturated carbocycles. The summed E-state index contributed by atoms with van der Waals surface area (Å²) in [5, 5.41) is 15.1. The number of carbonyl (C=O) groups excluding carboxylic acids is 4. The second kappa shape index (κ2) is 16.6. The van der Waals surface area contributed by atoms with E-state index in [1.165, 1.54) is 0 Å². The number of nitrogens with zero attached hydrogens (tertiary/aromatic N) is 1. The molecule has 5 atom stereocenters. The van der Waals surface area contributed by atoms with E-state index in [1.807, 2.05) is 75.4 Å². The lowest BCUT2D eigenvalue weighted by atomic mass is 9.90. The highest BCUT2D eigenvalue weighted by atomic mass is 16.5. The van der Waals surface area contributed by atoms with Crippen molar-refractivity contribution in [3.63, 3.8) is 0 Å². The SMILES string of the molecule is CN[C@H](Cc1ccccc1)C(=O)N[C@@H]1C(=O)N2[C@@H](CC[C@@H]1CCNC(=O)NC(C)(C)C)CC[C@H]2C(=O)NCCc1ccc(OC)cc1. The first kappa shape index (κ1) is 35.7. The number of hydrogen-bond donors (Lipinski definition) is 5. The molecule has 2 aromatic carbocycles. The fourth-order valence-corrected chi connectivity index (χ4v) is 6.61. The van der Waals surface area contributed by atoms with Gasteiger partial charge in [-0.1, -0.05) is 42.5 Å². The number of ether oxygens (including phenoxy) is 1. The number of hydrogen-bond acceptors (Lipinski definition) is 6. The number of rotatable bonds is 13. The van der Waals surface area contributed by atoms with Gasteiger partial charge in [0, 0.05) is 24.7 Å². The Morgan fingerprint density at radius 1 is 0.915 bits per heavy atom. The minimum Gasteiger partial charge on any atom is -0.497 e. The van der Waals surface area contributed by atoms with Crippen molar-refractivity contribution in [1.82, 2.24) is 31.5 Å². The van der Waals surface area contributed by atoms with Gasteiger partial charge in [0.25, 0.3) is 0 Å². The van der Waals surface area contributed by atoms with Gasteiger partial charge in [-0.25, -0.2) is 4.79 Å². The molecular formula is C36H52N6O5. The summed E-state index contributed by atoms with van der Waals surface area (Å²) in [6.45, 7) is 6.53. The van der Waals surface area contributed by atoms with Crippen LogP contribution in [0.1, 0.15) is 64.0 Å². The molecule has 2 aliphatic heterocycles. The molecule has 0 unspecified atom stereocenters. The number of likely N-dealkylation sites (N-methyl/N-ethyl adjacent to an activating group) is 1. The van der Waals surface area contributed by atoms with Crippen molar-refractivity contribution in [3.05, 3.63) is 65.7 Å². The lowest BCUT2D eigenvalue weighted by Gasteiger charge is -2.33. The summed E-state index contributed by atoms with van der Waals surface area (Å²) in [5.41, 5.74) is 1.70. The van der Waals surface area contributed by atoms with Crippen LogP contribution in [0.5, 0.6) is 5.75 Å². The van der Waals surface area contributed by atoms with Crippen molar-refractivity contribution in [2.24, 2.45) is 5.92 Å². The van der Waals surface area contributed by atoms with Gasteiger partial charge in [-0.05, 0) is 102 Å². The topological polar surface area (TPSA) is 141 Å². The molecule has 0 aliphatic carbocycles. The summed E-state index contributed by atoms with van der Waals surface area (Å²) in [4.78, 5) is 55.8. The number of benzene rings is 2. The van der Waals surface area contributed by atoms with Crippen molar-refractivity contribution in [3.8, 4) is 5.75 Å². The average Bonchev–Trinajstić information content (AvgIpc) is 3.43. The third kappa shape index (κ3) is 10.2. The summed E-state index contributed by atoms with van der Waals surface area (Å²) in [5.74, 6) is -0.0984. The number of nitrogens with one attached hydrogen (secondary N) is 5. The van der Waals surface area contributed by atoms with Gasteiger partial charge in [0.05, 0.1) is 13.2 Å². The van der Waals surface area contributed by atoms with Gasteiger partial charge in [0.15, 0.2) is 0 Å². The summed E-state index contributed by atoms with van der Waals surface area (Å²) in [7, 11) is 3.36. The summed E-state index contributed by atoms with van der Waals surface area (Å²) >= 11 is 0. The van der Waals surface area contributed by atoms with Gasteiger partial charge in [-0.3, -0.25) is 14.4 Å². The summed E-state index contributed by atoms with van der Waals surface area (Å²) in [6.07, 6.45) is 4.36. The van der Waals surface area contributed by atoms with E-state index < -0.39 is 18.1 Å². The largest absolute Gasteiger partial charge is 0.497 e. The fourth-order valence-electron chi connectivity index (χ4n) is 6.61. The van der Waals surface area contributed by atoms with Gasteiger partial charge in [0.1, 0.15) is 17.8 Å². The van der Waals surface area contributed by atoms with Crippen LogP contribution < -0.4 is 31.3 Å². The highest BCUT2D eigenvalue weighted by Crippen LogP contribution is 2.35. The average molecular weight is 649 g/mol. The Labute approximate surface area is 279 Å². The minimum atomic E-state index is -0.820. The maximum absolute atomic E-state index is 14.4. The van der Waals surface area contributed by atoms with E-state index in [1.54, 1.807) is 19.1 Å². The van der Waals surface area contributed by atoms with Crippen LogP contribution in [-0.2, 0) is 27.2 Å². The predicted octanol–water partition coefficient (Wildman–Crippen LogP) is 2.93. The monoisotopic (exact) mass is 648 g/mol. The summed E-state index contributed by atoms with van der Waals surface area (Å²) in [6, 6.07) is 15.2. The first-order chi connectivity index (χ1) is 22.5. The van der Waals surface area contributed by atoms with Crippen molar-refractivity contribution in [2.75, 3.05) is 27.2 Å². The Morgan fingerprint density at radius 2 is 1.62 bits per heavy atom. The van der Waals surface area contributed by atoms with Gasteiger partial charge in [-0.2, -0.15) is 0 Å². The molecule has 256 valence electrons. The van der Waals surface area contributed by atoms with Gasteiger partial charge < -0.3 is 36.2 Å². The molecule has 0 bridgehead atoms. The van der Waals surface area contributed by atoms with Crippen LogP contribution in [0, 0.1) is 5.92 Å². The zero-order valence-corrected chi connectivity index (χ0v) is 28.4. The van der Waals surface area contributed by atoms with Crippen LogP contribution in [0.2, 0.25) is 0 Å². The molecule has 11 nitrogen and oxygen atoms in total. The highest BCUT2D eigenvalue weighted by Gasteiger charge is 2.47. The Bertz CT molecular complexity index is 1350. The minimum absolute atomic E-state index is 0.0780. The first-order valence-electron chi connectivity index (χ1n) is 16.8. The third-order valence-electron chi connectivity index (χ3n) is 9.07. The second-order valence-electron chi connectivity index (χ2n) is 13.7. The van der Waals surface area contributed by atoms with Crippen LogP contribution >= 0.6 is 0 Å². The van der Waals surface area contributed by atoms with Crippen molar-refractivity contribution < 1.29 is 23.9 Å². The Balaban J connectivity index is 1.46. The first-order valence-corrected chi connectivity index (χ1v) is 16.8. The van der Waals surface area contributed by atoms with Crippen LogP contribution in [0.25, 0.3) is 0 Å². The van der Waals surface area contributed by atoms with E-state index in [0.717, 1.165) is 29.7 Å². The number of carbonyl (C=O) groups is 4. The van der Waals surface area contributed by atoms with Gasteiger partial charge in [0.2, 0.25) is 17.7 Å². The number of amides is 5. The molecule has 5 amide bonds. The number of urea groups is 1. The molecule has 0 radical (unpaired) electrons. The van der Waals surface area contributed by atoms with Crippen LogP contribution in [-0.4, -0.2) is 85.6 Å². The molecule has 11 heteroatoms. The molecule has 2 aliphatic rings. The van der Waals surface area contributed by atoms with E-state index in [2.05, 4.69) is 26.6 Å². The normalized spacial score (nSPS) is 21.6. The zero-order chi connectivity index (χ0) is 34.0. The molecule has 5 N–H and O–H groups in total. The smallest absolute Gasteiger partial charge is 0.315 e. The molecule has 2 heterocycles. The number of methoxy groups -OCH3 is 1. The maximum atomic E-state index is 14.4. The predicted molar refractivity (Wildman–Crippen MR) is 182 cm³/mol. The summed E-state index contributed by atoms with van der Waals surface area (Å²) < 4.78 is 5.23. The molecular weight excluding hydrogens is 596 g/mol. The lowest BCUT2D eigenvalue weighted by molar-refractivity contribution is -0.143. The Kier molecular flexibility index (Phi) is 12.6. The molecule has 0 spiro atoms. The zero-order valence-electron chi connectivity index (χ0n) is 28.4. The second-order valence-corrected chi connectivity index (χ2v) is 13.7. The van der Waals surface area contributed by atoms with E-state index >= 15 is 0 Å². The quantitative estimate of drug-likeness (QED) is 0.226. The lowest BCUT2D eigenvalue weighted by Crippen LogP contribution is -2.58. The van der Waals surface area contributed by atoms with Crippen molar-refractivity contribution >= 4 is 23.8 Å². The maximum Gasteiger partial charge on any atom is 0.315 e. The van der Waals surface area contributed by atoms with Crippen LogP contribution in [0.3, 0.4) is 0 Å². The molecule has 4 rings (SSSR count). The van der Waals surface area contributed by atoms with E-state index in [9.17, 15) is 19.2 Å². The van der Waals surface area contributed by atoms with Crippen LogP contribution in [0.15, 0.2) is 54.6 Å². The van der Waals surface area contributed by atoms with E-state index in [0.29, 0.717) is 45.2 Å². The van der Waals surface area contributed by atoms with E-state index in [-0.39, 0.29) is 41.3 Å². The fraction of sp³-hybridized carbons (Fsp3) is 0.556. The molecule has 2 aromatic rings. The van der Waals surface area contributed by atoms with Crippen LogP contribution in [0.4, 0.5) is 4.79 Å². The highest BCUT2D eigenvalue weighted by molar-refractivity contribution is 5.94. The molecule has 47 heavy (non-hydrogen) atoms. The Morgan fingerprint density at radius 3 is 2.28 bits per heavy atom. The third-order valence-corrected chi connectivity index (χ3v) is 9.07. The standard InChI is InChI=1S/C36H52N6O5/c1-36(2,3)41-35(46)39-22-20-26-13-14-27-15-18-30(33(44)38-21-19-24-11-16-28(47-5)17-12-24)42(27)34(45)31(26)40-32(43)29(37-4)23-25-9-7-6-8-10-25/h6-12,16-17,26-27,29-31,37H,13-15,18-23H2,1-5H3,(H,38,44)(H,40,43)(H2,39,41,46)/t26-,27+,29-,30+,31+/m1/s1. The van der Waals surface area contributed by atoms with Gasteiger partial charge in [-0.15, -0.1) is 0 Å². The molecule has 2 fully saturated rings. The van der Waals surface area contributed by atoms with Crippen molar-refractivity contribution in [1.29, 1.82) is 0 Å². The van der Waals surface area contributed by atoms with Crippen molar-refractivity contribution in [2.45, 2.75) is 95.4 Å². The Hall–Kier alpha value is -4.12. The van der Waals surface area contributed by atoms with E-state index in [4.69, 9.17) is 4.74 Å². The van der Waals surface area contributed by atoms with Gasteiger partial charge >= 0.3 is 6.03 Å². The molecule has 0 aromatic heterocycles.